The van der Waals surface area contributed by atoms with Crippen LogP contribution < -0.4 is 5.32 Å². The number of amides is 1. The Bertz CT molecular complexity index is 359. The van der Waals surface area contributed by atoms with E-state index in [2.05, 4.69) is 5.32 Å². The molecule has 0 aromatic carbocycles. The van der Waals surface area contributed by atoms with Gasteiger partial charge in [0.25, 0.3) is 0 Å². The number of aliphatic carboxylic acids is 1. The molecule has 2 rings (SSSR count). The van der Waals surface area contributed by atoms with Crippen LogP contribution in [0.25, 0.3) is 0 Å². The minimum atomic E-state index is -0.842. The highest BCUT2D eigenvalue weighted by Crippen LogP contribution is 2.38. The average Bonchev–Trinajstić information content (AvgIpc) is 2.46. The van der Waals surface area contributed by atoms with Crippen molar-refractivity contribution >= 4 is 11.9 Å². The van der Waals surface area contributed by atoms with Crippen molar-refractivity contribution in [2.45, 2.75) is 64.0 Å². The summed E-state index contributed by atoms with van der Waals surface area (Å²) in [5, 5.41) is 12.5. The third-order valence-electron chi connectivity index (χ3n) is 4.71. The monoisotopic (exact) mass is 282 g/mol. The first-order chi connectivity index (χ1) is 9.65. The van der Waals surface area contributed by atoms with Gasteiger partial charge in [0, 0.05) is 19.0 Å². The van der Waals surface area contributed by atoms with Gasteiger partial charge in [-0.15, -0.1) is 0 Å². The minimum Gasteiger partial charge on any atom is -0.480 e. The molecule has 114 valence electrons. The maximum absolute atomic E-state index is 12.5. The normalized spacial score (nSPS) is 29.9. The van der Waals surface area contributed by atoms with E-state index in [4.69, 9.17) is 0 Å². The molecule has 5 nitrogen and oxygen atoms in total. The number of rotatable bonds is 5. The van der Waals surface area contributed by atoms with E-state index in [-0.39, 0.29) is 11.9 Å². The van der Waals surface area contributed by atoms with Crippen LogP contribution in [0.15, 0.2) is 0 Å². The van der Waals surface area contributed by atoms with Crippen molar-refractivity contribution in [2.24, 2.45) is 5.92 Å². The van der Waals surface area contributed by atoms with Crippen molar-refractivity contribution in [1.82, 2.24) is 10.2 Å². The number of hydrogen-bond acceptors (Lipinski definition) is 3. The number of carboxylic acid groups (broad SMARTS) is 1. The number of fused-ring (bicyclic) bond motifs is 1. The van der Waals surface area contributed by atoms with Crippen LogP contribution in [-0.2, 0) is 9.59 Å². The predicted molar refractivity (Wildman–Crippen MR) is 76.4 cm³/mol. The molecule has 0 radical (unpaired) electrons. The zero-order valence-corrected chi connectivity index (χ0v) is 12.3. The number of likely N-dealkylation sites (tertiary alicyclic amines) is 1. The molecule has 3 atom stereocenters. The van der Waals surface area contributed by atoms with E-state index in [1.165, 1.54) is 6.42 Å². The van der Waals surface area contributed by atoms with E-state index in [0.29, 0.717) is 25.3 Å². The summed E-state index contributed by atoms with van der Waals surface area (Å²) in [6.07, 6.45) is 6.43. The van der Waals surface area contributed by atoms with Crippen LogP contribution in [0.2, 0.25) is 0 Å². The van der Waals surface area contributed by atoms with Gasteiger partial charge in [0.2, 0.25) is 5.91 Å². The molecule has 2 fully saturated rings. The van der Waals surface area contributed by atoms with Crippen molar-refractivity contribution in [3.63, 3.8) is 0 Å². The zero-order chi connectivity index (χ0) is 14.5. The molecule has 2 N–H and O–H groups in total. The zero-order valence-electron chi connectivity index (χ0n) is 12.3. The van der Waals surface area contributed by atoms with Gasteiger partial charge in [0.1, 0.15) is 6.04 Å². The Balaban J connectivity index is 2.08. The first-order valence-corrected chi connectivity index (χ1v) is 7.89. The van der Waals surface area contributed by atoms with Gasteiger partial charge >= 0.3 is 5.97 Å². The minimum absolute atomic E-state index is 0.00921. The third kappa shape index (κ3) is 3.32. The summed E-state index contributed by atoms with van der Waals surface area (Å²) in [5.74, 6) is -0.316. The second kappa shape index (κ2) is 7.07. The van der Waals surface area contributed by atoms with Gasteiger partial charge in [-0.3, -0.25) is 4.79 Å². The number of carbonyl (C=O) groups excluding carboxylic acids is 1. The molecular weight excluding hydrogens is 256 g/mol. The maximum Gasteiger partial charge on any atom is 0.326 e. The topological polar surface area (TPSA) is 69.6 Å². The summed E-state index contributed by atoms with van der Waals surface area (Å²) < 4.78 is 0. The quantitative estimate of drug-likeness (QED) is 0.752. The highest BCUT2D eigenvalue weighted by atomic mass is 16.4. The van der Waals surface area contributed by atoms with Crippen LogP contribution >= 0.6 is 0 Å². The first kappa shape index (κ1) is 15.3. The van der Waals surface area contributed by atoms with Crippen molar-refractivity contribution in [1.29, 1.82) is 0 Å². The highest BCUT2D eigenvalue weighted by Gasteiger charge is 2.43. The smallest absolute Gasteiger partial charge is 0.326 e. The number of nitrogens with zero attached hydrogens (tertiary/aromatic N) is 1. The Kier molecular flexibility index (Phi) is 5.40. The molecule has 1 saturated heterocycles. The molecule has 1 saturated carbocycles. The summed E-state index contributed by atoms with van der Waals surface area (Å²) in [4.78, 5) is 25.6. The molecule has 3 unspecified atom stereocenters. The van der Waals surface area contributed by atoms with Crippen molar-refractivity contribution in [3.8, 4) is 0 Å². The summed E-state index contributed by atoms with van der Waals surface area (Å²) in [7, 11) is 0. The number of hydrogen-bond donors (Lipinski definition) is 2. The Morgan fingerprint density at radius 2 is 1.95 bits per heavy atom. The molecule has 20 heavy (non-hydrogen) atoms. The second-order valence-corrected chi connectivity index (χ2v) is 5.95. The van der Waals surface area contributed by atoms with Crippen molar-refractivity contribution in [3.05, 3.63) is 0 Å². The number of carboxylic acids is 1. The average molecular weight is 282 g/mol. The third-order valence-corrected chi connectivity index (χ3v) is 4.71. The van der Waals surface area contributed by atoms with Crippen LogP contribution in [0.3, 0.4) is 0 Å². The molecule has 0 aromatic rings. The lowest BCUT2D eigenvalue weighted by atomic mass is 9.76. The SMILES string of the molecule is CCNCCC(=O)N1C(C(=O)O)CCC2CCCCC21. The van der Waals surface area contributed by atoms with Crippen LogP contribution in [0.4, 0.5) is 0 Å². The Morgan fingerprint density at radius 1 is 1.20 bits per heavy atom. The molecule has 1 aliphatic carbocycles. The predicted octanol–water partition coefficient (Wildman–Crippen LogP) is 1.62. The number of nitrogens with one attached hydrogen (secondary N) is 1. The van der Waals surface area contributed by atoms with Gasteiger partial charge in [0.05, 0.1) is 0 Å². The fraction of sp³-hybridized carbons (Fsp3) is 0.867. The van der Waals surface area contributed by atoms with E-state index in [0.717, 1.165) is 32.2 Å². The van der Waals surface area contributed by atoms with Gasteiger partial charge in [0.15, 0.2) is 0 Å². The first-order valence-electron chi connectivity index (χ1n) is 7.89. The van der Waals surface area contributed by atoms with E-state index >= 15 is 0 Å². The van der Waals surface area contributed by atoms with E-state index in [1.807, 2.05) is 6.92 Å². The number of piperidine rings is 1. The van der Waals surface area contributed by atoms with Crippen LogP contribution in [-0.4, -0.2) is 47.1 Å². The van der Waals surface area contributed by atoms with Gasteiger partial charge in [-0.1, -0.05) is 19.8 Å². The summed E-state index contributed by atoms with van der Waals surface area (Å²) >= 11 is 0. The lowest BCUT2D eigenvalue weighted by molar-refractivity contribution is -0.158. The number of carbonyl (C=O) groups is 2. The fourth-order valence-electron chi connectivity index (χ4n) is 3.74. The summed E-state index contributed by atoms with van der Waals surface area (Å²) in [5.41, 5.74) is 0. The molecule has 0 bridgehead atoms. The Labute approximate surface area is 120 Å². The molecule has 0 aromatic heterocycles. The standard InChI is InChI=1S/C15H26N2O3/c1-2-16-10-9-14(18)17-12-6-4-3-5-11(12)7-8-13(17)15(19)20/h11-13,16H,2-10H2,1H3,(H,19,20). The van der Waals surface area contributed by atoms with Crippen LogP contribution in [0, 0.1) is 5.92 Å². The maximum atomic E-state index is 12.5. The van der Waals surface area contributed by atoms with E-state index in [1.54, 1.807) is 4.90 Å². The molecule has 1 heterocycles. The van der Waals surface area contributed by atoms with Gasteiger partial charge in [-0.25, -0.2) is 4.79 Å². The molecule has 1 amide bonds. The molecular formula is C15H26N2O3. The van der Waals surface area contributed by atoms with Crippen LogP contribution in [0.5, 0.6) is 0 Å². The van der Waals surface area contributed by atoms with Crippen LogP contribution in [0.1, 0.15) is 51.9 Å². The highest BCUT2D eigenvalue weighted by molar-refractivity contribution is 5.84. The molecule has 2 aliphatic rings. The van der Waals surface area contributed by atoms with Crippen molar-refractivity contribution in [2.75, 3.05) is 13.1 Å². The Hall–Kier alpha value is -1.10. The van der Waals surface area contributed by atoms with Crippen molar-refractivity contribution < 1.29 is 14.7 Å². The van der Waals surface area contributed by atoms with E-state index in [9.17, 15) is 14.7 Å². The lowest BCUT2D eigenvalue weighted by Gasteiger charge is -2.47. The fourth-order valence-corrected chi connectivity index (χ4v) is 3.74. The summed E-state index contributed by atoms with van der Waals surface area (Å²) in [6, 6.07) is -0.448. The van der Waals surface area contributed by atoms with Gasteiger partial charge in [-0.05, 0) is 38.1 Å². The largest absolute Gasteiger partial charge is 0.480 e. The lowest BCUT2D eigenvalue weighted by Crippen LogP contribution is -2.57. The van der Waals surface area contributed by atoms with Gasteiger partial charge < -0.3 is 15.3 Å². The Morgan fingerprint density at radius 3 is 2.65 bits per heavy atom. The molecule has 1 aliphatic heterocycles. The summed E-state index contributed by atoms with van der Waals surface area (Å²) in [6.45, 7) is 3.47. The second-order valence-electron chi connectivity index (χ2n) is 5.95. The molecule has 0 spiro atoms. The van der Waals surface area contributed by atoms with E-state index < -0.39 is 12.0 Å². The van der Waals surface area contributed by atoms with Gasteiger partial charge in [-0.2, -0.15) is 0 Å². The molecule has 5 heteroatoms.